The summed E-state index contributed by atoms with van der Waals surface area (Å²) >= 11 is 0. The number of benzene rings is 2. The minimum Gasteiger partial charge on any atom is -0.508 e. The van der Waals surface area contributed by atoms with Crippen LogP contribution in [0.4, 0.5) is 0 Å². The van der Waals surface area contributed by atoms with Gasteiger partial charge in [-0.1, -0.05) is 24.3 Å². The summed E-state index contributed by atoms with van der Waals surface area (Å²) in [7, 11) is 0. The van der Waals surface area contributed by atoms with Gasteiger partial charge in [0.25, 0.3) is 0 Å². The molecule has 4 nitrogen and oxygen atoms in total. The molecule has 4 heteroatoms. The second-order valence-electron chi connectivity index (χ2n) is 6.74. The summed E-state index contributed by atoms with van der Waals surface area (Å²) in [6.07, 6.45) is 0.346. The number of phenolic OH excluding ortho intramolecular Hbond substituents is 1. The van der Waals surface area contributed by atoms with Gasteiger partial charge in [0.2, 0.25) is 5.91 Å². The highest BCUT2D eigenvalue weighted by atomic mass is 16.3. The van der Waals surface area contributed by atoms with E-state index >= 15 is 0 Å². The van der Waals surface area contributed by atoms with Crippen molar-refractivity contribution in [3.05, 3.63) is 64.3 Å². The number of carbonyl (C=O) groups is 1. The molecule has 0 radical (unpaired) electrons. The number of amides is 1. The molecule has 1 atom stereocenters. The minimum atomic E-state index is -0.110. The van der Waals surface area contributed by atoms with Crippen LogP contribution < -0.4 is 5.32 Å². The van der Waals surface area contributed by atoms with E-state index in [0.717, 1.165) is 27.7 Å². The highest BCUT2D eigenvalue weighted by Gasteiger charge is 2.17. The molecule has 0 fully saturated rings. The highest BCUT2D eigenvalue weighted by Crippen LogP contribution is 2.28. The van der Waals surface area contributed by atoms with Crippen LogP contribution in [0.15, 0.2) is 36.4 Å². The smallest absolute Gasteiger partial charge is 0.224 e. The van der Waals surface area contributed by atoms with E-state index in [1.165, 1.54) is 11.1 Å². The topological polar surface area (TPSA) is 65.1 Å². The first-order valence-corrected chi connectivity index (χ1v) is 8.52. The van der Waals surface area contributed by atoms with Gasteiger partial charge in [-0.3, -0.25) is 4.79 Å². The molecule has 0 bridgehead atoms. The lowest BCUT2D eigenvalue weighted by molar-refractivity contribution is -0.121. The lowest BCUT2D eigenvalue weighted by Gasteiger charge is -2.15. The maximum absolute atomic E-state index is 12.6. The summed E-state index contributed by atoms with van der Waals surface area (Å²) in [4.78, 5) is 16.0. The van der Waals surface area contributed by atoms with Gasteiger partial charge in [-0.25, -0.2) is 0 Å². The quantitative estimate of drug-likeness (QED) is 0.668. The monoisotopic (exact) mass is 336 g/mol. The predicted molar refractivity (Wildman–Crippen MR) is 101 cm³/mol. The van der Waals surface area contributed by atoms with Crippen LogP contribution in [-0.4, -0.2) is 16.0 Å². The third-order valence-electron chi connectivity index (χ3n) is 4.80. The van der Waals surface area contributed by atoms with Crippen molar-refractivity contribution in [3.63, 3.8) is 0 Å². The largest absolute Gasteiger partial charge is 0.508 e. The molecule has 0 aliphatic rings. The molecule has 3 N–H and O–H groups in total. The number of H-pyrrole nitrogens is 1. The molecule has 3 rings (SSSR count). The second kappa shape index (κ2) is 6.63. The van der Waals surface area contributed by atoms with Gasteiger partial charge in [-0.2, -0.15) is 0 Å². The van der Waals surface area contributed by atoms with E-state index in [1.807, 2.05) is 26.0 Å². The van der Waals surface area contributed by atoms with Crippen molar-refractivity contribution in [2.24, 2.45) is 0 Å². The fraction of sp³-hybridized carbons (Fsp3) is 0.286. The van der Waals surface area contributed by atoms with Crippen molar-refractivity contribution in [1.82, 2.24) is 10.3 Å². The van der Waals surface area contributed by atoms with Crippen molar-refractivity contribution < 1.29 is 9.90 Å². The zero-order valence-corrected chi connectivity index (χ0v) is 15.1. The predicted octanol–water partition coefficient (Wildman–Crippen LogP) is 4.22. The highest BCUT2D eigenvalue weighted by molar-refractivity contribution is 5.93. The van der Waals surface area contributed by atoms with Crippen molar-refractivity contribution in [2.45, 2.75) is 40.2 Å². The van der Waals surface area contributed by atoms with E-state index in [-0.39, 0.29) is 17.7 Å². The molecule has 0 aliphatic carbocycles. The van der Waals surface area contributed by atoms with E-state index in [4.69, 9.17) is 0 Å². The standard InChI is InChI=1S/C21H24N2O2/c1-12-5-6-13(2)21-20(12)18(15(4)23-21)11-19(25)22-14(3)16-7-9-17(24)10-8-16/h5-10,14,23-24H,11H2,1-4H3,(H,22,25)/t14-/m0/s1. The summed E-state index contributed by atoms with van der Waals surface area (Å²) in [5, 5.41) is 13.6. The fourth-order valence-corrected chi connectivity index (χ4v) is 3.33. The van der Waals surface area contributed by atoms with Gasteiger partial charge in [-0.05, 0) is 62.1 Å². The van der Waals surface area contributed by atoms with Crippen LogP contribution in [0.25, 0.3) is 10.9 Å². The molecule has 0 unspecified atom stereocenters. The number of aryl methyl sites for hydroxylation is 3. The number of aromatic amines is 1. The van der Waals surface area contributed by atoms with Crippen LogP contribution in [-0.2, 0) is 11.2 Å². The molecular formula is C21H24N2O2. The van der Waals surface area contributed by atoms with Crippen LogP contribution >= 0.6 is 0 Å². The Morgan fingerprint density at radius 1 is 1.08 bits per heavy atom. The molecule has 0 spiro atoms. The Labute approximate surface area is 147 Å². The Hall–Kier alpha value is -2.75. The van der Waals surface area contributed by atoms with E-state index in [9.17, 15) is 9.90 Å². The van der Waals surface area contributed by atoms with Gasteiger partial charge < -0.3 is 15.4 Å². The molecule has 130 valence electrons. The molecule has 2 aromatic carbocycles. The summed E-state index contributed by atoms with van der Waals surface area (Å²) in [6.45, 7) is 8.12. The molecule has 1 heterocycles. The zero-order chi connectivity index (χ0) is 18.1. The summed E-state index contributed by atoms with van der Waals surface area (Å²) in [5.41, 5.74) is 6.55. The molecule has 1 aromatic heterocycles. The lowest BCUT2D eigenvalue weighted by Crippen LogP contribution is -2.28. The zero-order valence-electron chi connectivity index (χ0n) is 15.1. The van der Waals surface area contributed by atoms with Crippen LogP contribution in [0.3, 0.4) is 0 Å². The van der Waals surface area contributed by atoms with Crippen molar-refractivity contribution >= 4 is 16.8 Å². The summed E-state index contributed by atoms with van der Waals surface area (Å²) in [5.74, 6) is 0.216. The Bertz CT molecular complexity index is 923. The maximum Gasteiger partial charge on any atom is 0.224 e. The number of aromatic nitrogens is 1. The Morgan fingerprint density at radius 2 is 1.72 bits per heavy atom. The lowest BCUT2D eigenvalue weighted by atomic mass is 10.0. The SMILES string of the molecule is Cc1[nH]c2c(C)ccc(C)c2c1CC(=O)N[C@@H](C)c1ccc(O)cc1. The third kappa shape index (κ3) is 3.38. The Morgan fingerprint density at radius 3 is 2.40 bits per heavy atom. The van der Waals surface area contributed by atoms with Crippen molar-refractivity contribution in [2.75, 3.05) is 0 Å². The van der Waals surface area contributed by atoms with E-state index in [2.05, 4.69) is 36.3 Å². The molecule has 0 saturated heterocycles. The first-order valence-electron chi connectivity index (χ1n) is 8.52. The molecule has 0 aliphatic heterocycles. The molecular weight excluding hydrogens is 312 g/mol. The molecule has 3 aromatic rings. The Kier molecular flexibility index (Phi) is 4.53. The van der Waals surface area contributed by atoms with Crippen molar-refractivity contribution in [1.29, 1.82) is 0 Å². The van der Waals surface area contributed by atoms with Crippen LogP contribution in [0.5, 0.6) is 5.75 Å². The van der Waals surface area contributed by atoms with Crippen LogP contribution in [0.2, 0.25) is 0 Å². The Balaban J connectivity index is 1.81. The molecule has 0 saturated carbocycles. The number of fused-ring (bicyclic) bond motifs is 1. The minimum absolute atomic E-state index is 0.00881. The summed E-state index contributed by atoms with van der Waals surface area (Å²) < 4.78 is 0. The van der Waals surface area contributed by atoms with Gasteiger partial charge >= 0.3 is 0 Å². The van der Waals surface area contributed by atoms with Gasteiger partial charge in [0.1, 0.15) is 5.75 Å². The molecule has 25 heavy (non-hydrogen) atoms. The fourth-order valence-electron chi connectivity index (χ4n) is 3.33. The first-order chi connectivity index (χ1) is 11.9. The summed E-state index contributed by atoms with van der Waals surface area (Å²) in [6, 6.07) is 11.0. The van der Waals surface area contributed by atoms with Crippen LogP contribution in [0.1, 0.15) is 40.9 Å². The van der Waals surface area contributed by atoms with Gasteiger partial charge in [0, 0.05) is 16.6 Å². The number of carbonyl (C=O) groups excluding carboxylic acids is 1. The second-order valence-corrected chi connectivity index (χ2v) is 6.74. The number of rotatable bonds is 4. The normalized spacial score (nSPS) is 12.3. The average molecular weight is 336 g/mol. The van der Waals surface area contributed by atoms with E-state index in [0.29, 0.717) is 6.42 Å². The number of hydrogen-bond acceptors (Lipinski definition) is 2. The number of aromatic hydroxyl groups is 1. The number of nitrogens with one attached hydrogen (secondary N) is 2. The van der Waals surface area contributed by atoms with Crippen LogP contribution in [0, 0.1) is 20.8 Å². The van der Waals surface area contributed by atoms with E-state index in [1.54, 1.807) is 12.1 Å². The van der Waals surface area contributed by atoms with Gasteiger partial charge in [0.05, 0.1) is 12.5 Å². The number of phenols is 1. The van der Waals surface area contributed by atoms with Crippen molar-refractivity contribution in [3.8, 4) is 5.75 Å². The van der Waals surface area contributed by atoms with Gasteiger partial charge in [0.15, 0.2) is 0 Å². The molecule has 1 amide bonds. The third-order valence-corrected chi connectivity index (χ3v) is 4.80. The average Bonchev–Trinajstić information content (AvgIpc) is 2.89. The van der Waals surface area contributed by atoms with E-state index < -0.39 is 0 Å². The number of hydrogen-bond donors (Lipinski definition) is 3. The van der Waals surface area contributed by atoms with Gasteiger partial charge in [-0.15, -0.1) is 0 Å². The maximum atomic E-state index is 12.6. The first kappa shape index (κ1) is 17.1.